The van der Waals surface area contributed by atoms with Crippen molar-refractivity contribution in [2.75, 3.05) is 13.7 Å². The van der Waals surface area contributed by atoms with Gasteiger partial charge in [0, 0.05) is 6.08 Å². The molecule has 0 aliphatic heterocycles. The minimum absolute atomic E-state index is 0.229. The van der Waals surface area contributed by atoms with Crippen LogP contribution in [0.3, 0.4) is 0 Å². The predicted molar refractivity (Wildman–Crippen MR) is 59.9 cm³/mol. The number of hydrogen-bond acceptors (Lipinski definition) is 3. The third-order valence-electron chi connectivity index (χ3n) is 1.89. The first-order valence-corrected chi connectivity index (χ1v) is 4.79. The number of hydrogen-bond donors (Lipinski definition) is 1. The van der Waals surface area contributed by atoms with Gasteiger partial charge in [0.25, 0.3) is 0 Å². The molecule has 0 atom stereocenters. The Kier molecular flexibility index (Phi) is 4.39. The van der Waals surface area contributed by atoms with E-state index in [4.69, 9.17) is 14.6 Å². The minimum Gasteiger partial charge on any atom is -0.493 e. The third-order valence-corrected chi connectivity index (χ3v) is 1.89. The normalized spacial score (nSPS) is 11.0. The third kappa shape index (κ3) is 3.65. The van der Waals surface area contributed by atoms with Gasteiger partial charge in [-0.05, 0) is 24.6 Å². The van der Waals surface area contributed by atoms with Crippen LogP contribution in [0.1, 0.15) is 6.92 Å². The molecule has 0 bridgehead atoms. The summed E-state index contributed by atoms with van der Waals surface area (Å²) in [6.45, 7) is 1.93. The summed E-state index contributed by atoms with van der Waals surface area (Å²) in [5, 5.41) is 8.53. The van der Waals surface area contributed by atoms with Crippen LogP contribution in [0.2, 0.25) is 0 Å². The Hall–Kier alpha value is -1.97. The summed E-state index contributed by atoms with van der Waals surface area (Å²) in [5.41, 5.74) is 0.637. The van der Waals surface area contributed by atoms with Crippen molar-refractivity contribution in [1.82, 2.24) is 0 Å². The molecule has 86 valence electrons. The molecule has 0 aromatic heterocycles. The van der Waals surface area contributed by atoms with Crippen LogP contribution in [0.15, 0.2) is 35.9 Å². The molecule has 4 heteroatoms. The Morgan fingerprint density at radius 3 is 2.56 bits per heavy atom. The molecule has 0 saturated carbocycles. The standard InChI is InChI=1S/C12H14O4/c1-9(7-12(13)14)8-16-11-6-4-3-5-10(11)15-2/h3-7H,8H2,1-2H3,(H,13,14)/b9-7+. The van der Waals surface area contributed by atoms with Crippen molar-refractivity contribution in [3.05, 3.63) is 35.9 Å². The number of aliphatic carboxylic acids is 1. The summed E-state index contributed by atoms with van der Waals surface area (Å²) in [6, 6.07) is 7.22. The van der Waals surface area contributed by atoms with Gasteiger partial charge < -0.3 is 14.6 Å². The van der Waals surface area contributed by atoms with Crippen molar-refractivity contribution >= 4 is 5.97 Å². The maximum absolute atomic E-state index is 10.4. The van der Waals surface area contributed by atoms with Gasteiger partial charge in [-0.15, -0.1) is 0 Å². The molecular weight excluding hydrogens is 208 g/mol. The number of carbonyl (C=O) groups is 1. The van der Waals surface area contributed by atoms with Crippen molar-refractivity contribution in [2.45, 2.75) is 6.92 Å². The second kappa shape index (κ2) is 5.80. The number of carboxylic acid groups (broad SMARTS) is 1. The van der Waals surface area contributed by atoms with Gasteiger partial charge in [-0.3, -0.25) is 0 Å². The lowest BCUT2D eigenvalue weighted by Crippen LogP contribution is -2.02. The number of benzene rings is 1. The van der Waals surface area contributed by atoms with Gasteiger partial charge in [0.15, 0.2) is 11.5 Å². The molecule has 1 aromatic carbocycles. The number of ether oxygens (including phenoxy) is 2. The zero-order chi connectivity index (χ0) is 12.0. The average molecular weight is 222 g/mol. The molecule has 0 aliphatic carbocycles. The van der Waals surface area contributed by atoms with Gasteiger partial charge >= 0.3 is 5.97 Å². The molecule has 0 spiro atoms. The van der Waals surface area contributed by atoms with Gasteiger partial charge in [-0.1, -0.05) is 12.1 Å². The monoisotopic (exact) mass is 222 g/mol. The fourth-order valence-electron chi connectivity index (χ4n) is 1.18. The highest BCUT2D eigenvalue weighted by molar-refractivity contribution is 5.80. The van der Waals surface area contributed by atoms with Crippen LogP contribution in [-0.4, -0.2) is 24.8 Å². The second-order valence-corrected chi connectivity index (χ2v) is 3.27. The topological polar surface area (TPSA) is 55.8 Å². The van der Waals surface area contributed by atoms with E-state index in [-0.39, 0.29) is 6.61 Å². The van der Waals surface area contributed by atoms with Gasteiger partial charge in [0.1, 0.15) is 6.61 Å². The van der Waals surface area contributed by atoms with Crippen molar-refractivity contribution < 1.29 is 19.4 Å². The van der Waals surface area contributed by atoms with Gasteiger partial charge in [-0.2, -0.15) is 0 Å². The molecule has 0 radical (unpaired) electrons. The van der Waals surface area contributed by atoms with Crippen molar-refractivity contribution in [1.29, 1.82) is 0 Å². The molecule has 0 aliphatic rings. The summed E-state index contributed by atoms with van der Waals surface area (Å²) >= 11 is 0. The molecule has 1 rings (SSSR count). The van der Waals surface area contributed by atoms with Crippen molar-refractivity contribution in [2.24, 2.45) is 0 Å². The fraction of sp³-hybridized carbons (Fsp3) is 0.250. The number of rotatable bonds is 5. The first-order valence-electron chi connectivity index (χ1n) is 4.79. The van der Waals surface area contributed by atoms with E-state index < -0.39 is 5.97 Å². The van der Waals surface area contributed by atoms with E-state index >= 15 is 0 Å². The Balaban J connectivity index is 2.64. The van der Waals surface area contributed by atoms with E-state index in [0.717, 1.165) is 6.08 Å². The van der Waals surface area contributed by atoms with E-state index in [1.807, 2.05) is 12.1 Å². The molecule has 0 unspecified atom stereocenters. The molecule has 16 heavy (non-hydrogen) atoms. The van der Waals surface area contributed by atoms with E-state index in [0.29, 0.717) is 17.1 Å². The zero-order valence-electron chi connectivity index (χ0n) is 9.27. The lowest BCUT2D eigenvalue weighted by molar-refractivity contribution is -0.131. The van der Waals surface area contributed by atoms with Crippen LogP contribution in [0.4, 0.5) is 0 Å². The molecular formula is C12H14O4. The van der Waals surface area contributed by atoms with E-state index in [9.17, 15) is 4.79 Å². The molecule has 1 N–H and O–H groups in total. The molecule has 0 fully saturated rings. The van der Waals surface area contributed by atoms with E-state index in [2.05, 4.69) is 0 Å². The van der Waals surface area contributed by atoms with Crippen LogP contribution < -0.4 is 9.47 Å². The lowest BCUT2D eigenvalue weighted by atomic mass is 10.3. The van der Waals surface area contributed by atoms with Crippen LogP contribution >= 0.6 is 0 Å². The average Bonchev–Trinajstić information content (AvgIpc) is 2.26. The minimum atomic E-state index is -0.971. The predicted octanol–water partition coefficient (Wildman–Crippen LogP) is 2.10. The molecule has 0 saturated heterocycles. The molecule has 0 amide bonds. The Morgan fingerprint density at radius 1 is 1.38 bits per heavy atom. The second-order valence-electron chi connectivity index (χ2n) is 3.27. The lowest BCUT2D eigenvalue weighted by Gasteiger charge is -2.09. The Labute approximate surface area is 94.1 Å². The van der Waals surface area contributed by atoms with Crippen LogP contribution in [0.5, 0.6) is 11.5 Å². The van der Waals surface area contributed by atoms with Gasteiger partial charge in [0.05, 0.1) is 7.11 Å². The maximum atomic E-state index is 10.4. The summed E-state index contributed by atoms with van der Waals surface area (Å²) < 4.78 is 10.5. The molecule has 1 aromatic rings. The quantitative estimate of drug-likeness (QED) is 0.775. The smallest absolute Gasteiger partial charge is 0.328 e. The van der Waals surface area contributed by atoms with Crippen LogP contribution in [0, 0.1) is 0 Å². The van der Waals surface area contributed by atoms with Crippen molar-refractivity contribution in [3.8, 4) is 11.5 Å². The van der Waals surface area contributed by atoms with E-state index in [1.54, 1.807) is 26.2 Å². The number of methoxy groups -OCH3 is 1. The summed E-state index contributed by atoms with van der Waals surface area (Å²) in [6.07, 6.45) is 1.12. The highest BCUT2D eigenvalue weighted by atomic mass is 16.5. The number of carboxylic acids is 1. The largest absolute Gasteiger partial charge is 0.493 e. The summed E-state index contributed by atoms with van der Waals surface area (Å²) in [4.78, 5) is 10.4. The van der Waals surface area contributed by atoms with Crippen LogP contribution in [-0.2, 0) is 4.79 Å². The number of para-hydroxylation sites is 2. The van der Waals surface area contributed by atoms with Gasteiger partial charge in [-0.25, -0.2) is 4.79 Å². The molecule has 4 nitrogen and oxygen atoms in total. The van der Waals surface area contributed by atoms with Crippen molar-refractivity contribution in [3.63, 3.8) is 0 Å². The van der Waals surface area contributed by atoms with E-state index in [1.165, 1.54) is 0 Å². The highest BCUT2D eigenvalue weighted by Gasteiger charge is 2.02. The fourth-order valence-corrected chi connectivity index (χ4v) is 1.18. The Morgan fingerprint density at radius 2 is 2.00 bits per heavy atom. The first kappa shape index (κ1) is 12.1. The summed E-state index contributed by atoms with van der Waals surface area (Å²) in [7, 11) is 1.56. The highest BCUT2D eigenvalue weighted by Crippen LogP contribution is 2.25. The maximum Gasteiger partial charge on any atom is 0.328 e. The van der Waals surface area contributed by atoms with Crippen LogP contribution in [0.25, 0.3) is 0 Å². The SMILES string of the molecule is COc1ccccc1OC/C(C)=C/C(=O)O. The Bertz CT molecular complexity index is 396. The van der Waals surface area contributed by atoms with Gasteiger partial charge in [0.2, 0.25) is 0 Å². The summed E-state index contributed by atoms with van der Waals surface area (Å²) in [5.74, 6) is 0.259. The molecule has 0 heterocycles. The first-order chi connectivity index (χ1) is 7.63. The zero-order valence-corrected chi connectivity index (χ0v) is 9.27.